The third-order valence-electron chi connectivity index (χ3n) is 3.23. The van der Waals surface area contributed by atoms with Gasteiger partial charge in [0.25, 0.3) is 0 Å². The van der Waals surface area contributed by atoms with Crippen molar-refractivity contribution in [3.63, 3.8) is 0 Å². The number of benzene rings is 2. The molecular formula is C17H12O4. The fourth-order valence-corrected chi connectivity index (χ4v) is 2.19. The van der Waals surface area contributed by atoms with E-state index >= 15 is 0 Å². The first kappa shape index (κ1) is 13.1. The Kier molecular flexibility index (Phi) is 3.28. The lowest BCUT2D eigenvalue weighted by Crippen LogP contribution is -2.20. The molecule has 0 amide bonds. The maximum absolute atomic E-state index is 12.2. The fourth-order valence-electron chi connectivity index (χ4n) is 2.19. The number of hydrogen-bond donors (Lipinski definition) is 0. The summed E-state index contributed by atoms with van der Waals surface area (Å²) in [6.45, 7) is 1.71. The van der Waals surface area contributed by atoms with Crippen LogP contribution in [0.4, 0.5) is 0 Å². The molecule has 0 bridgehead atoms. The Labute approximate surface area is 120 Å². The Bertz CT molecular complexity index is 863. The number of ether oxygens (including phenoxy) is 1. The summed E-state index contributed by atoms with van der Waals surface area (Å²) in [4.78, 5) is 24.2. The van der Waals surface area contributed by atoms with E-state index < -0.39 is 11.6 Å². The molecule has 1 heterocycles. The van der Waals surface area contributed by atoms with Crippen LogP contribution < -0.4 is 10.4 Å². The largest absolute Gasteiger partial charge is 0.423 e. The van der Waals surface area contributed by atoms with Crippen LogP contribution in [-0.2, 0) is 0 Å². The lowest BCUT2D eigenvalue weighted by molar-refractivity contribution is 0.0730. The highest BCUT2D eigenvalue weighted by molar-refractivity contribution is 5.96. The van der Waals surface area contributed by atoms with Gasteiger partial charge in [-0.05, 0) is 30.7 Å². The summed E-state index contributed by atoms with van der Waals surface area (Å²) >= 11 is 0. The highest BCUT2D eigenvalue weighted by Gasteiger charge is 2.20. The molecule has 4 heteroatoms. The van der Waals surface area contributed by atoms with Crippen molar-refractivity contribution in [1.29, 1.82) is 0 Å². The molecule has 2 aromatic carbocycles. The molecule has 0 saturated carbocycles. The van der Waals surface area contributed by atoms with Gasteiger partial charge in [-0.25, -0.2) is 9.59 Å². The van der Waals surface area contributed by atoms with Crippen molar-refractivity contribution in [2.45, 2.75) is 6.92 Å². The highest BCUT2D eigenvalue weighted by atomic mass is 16.5. The molecule has 1 aromatic heterocycles. The van der Waals surface area contributed by atoms with Crippen LogP contribution in [0, 0.1) is 6.92 Å². The molecule has 3 rings (SSSR count). The molecule has 0 saturated heterocycles. The molecule has 4 nitrogen and oxygen atoms in total. The van der Waals surface area contributed by atoms with Crippen molar-refractivity contribution in [3.05, 3.63) is 76.1 Å². The van der Waals surface area contributed by atoms with Gasteiger partial charge in [0.2, 0.25) is 0 Å². The van der Waals surface area contributed by atoms with E-state index in [0.717, 1.165) is 5.39 Å². The molecule has 0 spiro atoms. The van der Waals surface area contributed by atoms with Crippen molar-refractivity contribution in [2.24, 2.45) is 0 Å². The highest BCUT2D eigenvalue weighted by Crippen LogP contribution is 2.20. The van der Waals surface area contributed by atoms with E-state index in [2.05, 4.69) is 0 Å². The number of carbonyl (C=O) groups is 1. The Morgan fingerprint density at radius 1 is 1.00 bits per heavy atom. The lowest BCUT2D eigenvalue weighted by Gasteiger charge is -2.07. The molecule has 0 fully saturated rings. The van der Waals surface area contributed by atoms with E-state index in [1.54, 1.807) is 49.4 Å². The summed E-state index contributed by atoms with van der Waals surface area (Å²) in [7, 11) is 0. The first-order valence-corrected chi connectivity index (χ1v) is 6.46. The summed E-state index contributed by atoms with van der Waals surface area (Å²) < 4.78 is 10.4. The van der Waals surface area contributed by atoms with Crippen molar-refractivity contribution >= 4 is 16.9 Å². The second-order valence-electron chi connectivity index (χ2n) is 4.59. The van der Waals surface area contributed by atoms with Crippen LogP contribution >= 0.6 is 0 Å². The Morgan fingerprint density at radius 3 is 2.43 bits per heavy atom. The topological polar surface area (TPSA) is 56.5 Å². The van der Waals surface area contributed by atoms with Crippen LogP contribution in [0.15, 0.2) is 63.8 Å². The average Bonchev–Trinajstić information content (AvgIpc) is 2.48. The summed E-state index contributed by atoms with van der Waals surface area (Å²) in [5, 5.41) is 0.720. The summed E-state index contributed by atoms with van der Waals surface area (Å²) in [5.41, 5.74) is 0.253. The van der Waals surface area contributed by atoms with Crippen LogP contribution in [0.5, 0.6) is 5.75 Å². The first-order chi connectivity index (χ1) is 10.2. The van der Waals surface area contributed by atoms with Crippen molar-refractivity contribution in [1.82, 2.24) is 0 Å². The van der Waals surface area contributed by atoms with Gasteiger partial charge in [-0.15, -0.1) is 0 Å². The normalized spacial score (nSPS) is 10.5. The van der Waals surface area contributed by atoms with Crippen LogP contribution in [0.3, 0.4) is 0 Å². The number of para-hydroxylation sites is 2. The van der Waals surface area contributed by atoms with E-state index in [4.69, 9.17) is 9.15 Å². The van der Waals surface area contributed by atoms with Crippen molar-refractivity contribution < 1.29 is 13.9 Å². The molecule has 0 radical (unpaired) electrons. The molecule has 0 N–H and O–H groups in total. The lowest BCUT2D eigenvalue weighted by atomic mass is 10.1. The van der Waals surface area contributed by atoms with Gasteiger partial charge in [-0.2, -0.15) is 0 Å². The molecular weight excluding hydrogens is 268 g/mol. The van der Waals surface area contributed by atoms with Gasteiger partial charge in [0, 0.05) is 5.39 Å². The van der Waals surface area contributed by atoms with Crippen molar-refractivity contribution in [3.8, 4) is 5.75 Å². The van der Waals surface area contributed by atoms with Gasteiger partial charge in [0.1, 0.15) is 16.9 Å². The summed E-state index contributed by atoms with van der Waals surface area (Å²) in [6, 6.07) is 15.7. The number of fused-ring (bicyclic) bond motifs is 1. The van der Waals surface area contributed by atoms with Crippen LogP contribution in [0.2, 0.25) is 0 Å². The minimum absolute atomic E-state index is 0.0717. The second kappa shape index (κ2) is 5.25. The fraction of sp³-hybridized carbons (Fsp3) is 0.0588. The zero-order valence-electron chi connectivity index (χ0n) is 11.3. The van der Waals surface area contributed by atoms with Crippen LogP contribution in [0.1, 0.15) is 15.9 Å². The third kappa shape index (κ3) is 2.43. The number of rotatable bonds is 2. The number of carbonyl (C=O) groups excluding carboxylic acids is 1. The molecule has 0 aliphatic carbocycles. The SMILES string of the molecule is Cc1c(C(=O)Oc2ccccc2)c(=O)oc2ccccc12. The molecule has 0 aliphatic rings. The van der Waals surface area contributed by atoms with Gasteiger partial charge < -0.3 is 9.15 Å². The zero-order chi connectivity index (χ0) is 14.8. The van der Waals surface area contributed by atoms with E-state index in [1.807, 2.05) is 12.1 Å². The monoisotopic (exact) mass is 280 g/mol. The molecule has 0 atom stereocenters. The van der Waals surface area contributed by atoms with E-state index in [1.165, 1.54) is 0 Å². The van der Waals surface area contributed by atoms with E-state index in [9.17, 15) is 9.59 Å². The Morgan fingerprint density at radius 2 is 1.67 bits per heavy atom. The first-order valence-electron chi connectivity index (χ1n) is 6.46. The summed E-state index contributed by atoms with van der Waals surface area (Å²) in [6.07, 6.45) is 0. The average molecular weight is 280 g/mol. The van der Waals surface area contributed by atoms with Gasteiger partial charge in [0.15, 0.2) is 0 Å². The summed E-state index contributed by atoms with van der Waals surface area (Å²) in [5.74, 6) is -0.326. The van der Waals surface area contributed by atoms with Gasteiger partial charge in [-0.3, -0.25) is 0 Å². The molecule has 104 valence electrons. The van der Waals surface area contributed by atoms with Crippen LogP contribution in [-0.4, -0.2) is 5.97 Å². The van der Waals surface area contributed by atoms with Gasteiger partial charge in [0.05, 0.1) is 0 Å². The van der Waals surface area contributed by atoms with Gasteiger partial charge in [-0.1, -0.05) is 36.4 Å². The predicted octanol–water partition coefficient (Wildman–Crippen LogP) is 3.32. The van der Waals surface area contributed by atoms with Gasteiger partial charge >= 0.3 is 11.6 Å². The second-order valence-corrected chi connectivity index (χ2v) is 4.59. The van der Waals surface area contributed by atoms with Crippen LogP contribution in [0.25, 0.3) is 11.0 Å². The Balaban J connectivity index is 2.08. The Hall–Kier alpha value is -2.88. The maximum atomic E-state index is 12.2. The minimum Gasteiger partial charge on any atom is -0.423 e. The number of aryl methyl sites for hydroxylation is 1. The standard InChI is InChI=1S/C17H12O4/c1-11-13-9-5-6-10-14(13)21-17(19)15(11)16(18)20-12-7-3-2-4-8-12/h2-10H,1H3. The van der Waals surface area contributed by atoms with E-state index in [0.29, 0.717) is 16.9 Å². The minimum atomic E-state index is -0.710. The molecule has 3 aromatic rings. The third-order valence-corrected chi connectivity index (χ3v) is 3.23. The quantitative estimate of drug-likeness (QED) is 0.410. The predicted molar refractivity (Wildman–Crippen MR) is 78.6 cm³/mol. The van der Waals surface area contributed by atoms with E-state index in [-0.39, 0.29) is 5.56 Å². The number of esters is 1. The molecule has 0 unspecified atom stereocenters. The zero-order valence-corrected chi connectivity index (χ0v) is 11.3. The van der Waals surface area contributed by atoms with Crippen molar-refractivity contribution in [2.75, 3.05) is 0 Å². The molecule has 0 aliphatic heterocycles. The smallest absolute Gasteiger partial charge is 0.351 e. The number of hydrogen-bond acceptors (Lipinski definition) is 4. The maximum Gasteiger partial charge on any atom is 0.351 e. The molecule has 21 heavy (non-hydrogen) atoms.